The number of pyridine rings is 1. The van der Waals surface area contributed by atoms with E-state index in [0.717, 1.165) is 11.6 Å². The van der Waals surface area contributed by atoms with Crippen molar-refractivity contribution in [1.82, 2.24) is 4.98 Å². The number of aromatic nitrogens is 1. The Morgan fingerprint density at radius 2 is 2.29 bits per heavy atom. The Morgan fingerprint density at radius 3 is 2.86 bits per heavy atom. The Labute approximate surface area is 83.8 Å². The summed E-state index contributed by atoms with van der Waals surface area (Å²) in [6.45, 7) is 2.19. The molecule has 0 bridgehead atoms. The molecule has 0 aliphatic heterocycles. The molecular weight excluding hydrogens is 179 g/mol. The van der Waals surface area contributed by atoms with Gasteiger partial charge in [0.1, 0.15) is 0 Å². The van der Waals surface area contributed by atoms with E-state index in [9.17, 15) is 4.39 Å². The molecule has 76 valence electrons. The zero-order chi connectivity index (χ0) is 10.1. The number of hydrogen-bond acceptors (Lipinski definition) is 2. The maximum atomic E-state index is 12.9. The SMILES string of the molecule is CC(C1CC1)N(C)c1ccnc(F)c1. The van der Waals surface area contributed by atoms with Crippen molar-refractivity contribution in [1.29, 1.82) is 0 Å². The van der Waals surface area contributed by atoms with Crippen LogP contribution in [-0.4, -0.2) is 18.1 Å². The highest BCUT2D eigenvalue weighted by atomic mass is 19.1. The second-order valence-electron chi connectivity index (χ2n) is 4.03. The fourth-order valence-corrected chi connectivity index (χ4v) is 1.74. The van der Waals surface area contributed by atoms with E-state index in [1.54, 1.807) is 0 Å². The fourth-order valence-electron chi connectivity index (χ4n) is 1.74. The highest BCUT2D eigenvalue weighted by molar-refractivity contribution is 5.45. The van der Waals surface area contributed by atoms with E-state index in [4.69, 9.17) is 0 Å². The zero-order valence-electron chi connectivity index (χ0n) is 8.57. The third kappa shape index (κ3) is 1.86. The van der Waals surface area contributed by atoms with Gasteiger partial charge in [0.05, 0.1) is 0 Å². The third-order valence-electron chi connectivity index (χ3n) is 3.03. The lowest BCUT2D eigenvalue weighted by Gasteiger charge is -2.26. The number of anilines is 1. The molecule has 0 radical (unpaired) electrons. The average molecular weight is 194 g/mol. The van der Waals surface area contributed by atoms with Crippen molar-refractivity contribution in [3.05, 3.63) is 24.3 Å². The zero-order valence-corrected chi connectivity index (χ0v) is 8.57. The predicted molar refractivity (Wildman–Crippen MR) is 54.8 cm³/mol. The van der Waals surface area contributed by atoms with Crippen LogP contribution in [0.25, 0.3) is 0 Å². The summed E-state index contributed by atoms with van der Waals surface area (Å²) in [5, 5.41) is 0. The van der Waals surface area contributed by atoms with Gasteiger partial charge in [-0.3, -0.25) is 0 Å². The van der Waals surface area contributed by atoms with Crippen molar-refractivity contribution in [3.63, 3.8) is 0 Å². The van der Waals surface area contributed by atoms with Crippen LogP contribution >= 0.6 is 0 Å². The van der Waals surface area contributed by atoms with Gasteiger partial charge in [-0.25, -0.2) is 4.98 Å². The minimum Gasteiger partial charge on any atom is -0.371 e. The first-order valence-electron chi connectivity index (χ1n) is 5.03. The first kappa shape index (κ1) is 9.44. The molecule has 1 heterocycles. The minimum atomic E-state index is -0.405. The van der Waals surface area contributed by atoms with Crippen LogP contribution in [0.2, 0.25) is 0 Å². The van der Waals surface area contributed by atoms with E-state index >= 15 is 0 Å². The Kier molecular flexibility index (Phi) is 2.40. The second kappa shape index (κ2) is 3.56. The molecule has 2 rings (SSSR count). The van der Waals surface area contributed by atoms with Crippen molar-refractivity contribution in [2.45, 2.75) is 25.8 Å². The maximum absolute atomic E-state index is 12.9. The van der Waals surface area contributed by atoms with Crippen LogP contribution in [-0.2, 0) is 0 Å². The van der Waals surface area contributed by atoms with E-state index in [2.05, 4.69) is 16.8 Å². The van der Waals surface area contributed by atoms with Crippen LogP contribution in [0.1, 0.15) is 19.8 Å². The van der Waals surface area contributed by atoms with E-state index in [1.807, 2.05) is 13.1 Å². The lowest BCUT2D eigenvalue weighted by Crippen LogP contribution is -2.30. The van der Waals surface area contributed by atoms with Crippen molar-refractivity contribution >= 4 is 5.69 Å². The van der Waals surface area contributed by atoms with Gasteiger partial charge in [0.15, 0.2) is 0 Å². The molecule has 0 aromatic carbocycles. The minimum absolute atomic E-state index is 0.405. The first-order valence-corrected chi connectivity index (χ1v) is 5.03. The van der Waals surface area contributed by atoms with Crippen LogP contribution in [0.15, 0.2) is 18.3 Å². The van der Waals surface area contributed by atoms with E-state index in [1.165, 1.54) is 25.1 Å². The molecule has 0 spiro atoms. The van der Waals surface area contributed by atoms with Crippen LogP contribution in [0, 0.1) is 11.9 Å². The lowest BCUT2D eigenvalue weighted by atomic mass is 10.2. The average Bonchev–Trinajstić information content (AvgIpc) is 2.99. The summed E-state index contributed by atoms with van der Waals surface area (Å²) in [4.78, 5) is 5.68. The molecule has 1 aliphatic carbocycles. The molecule has 1 fully saturated rings. The topological polar surface area (TPSA) is 16.1 Å². The first-order chi connectivity index (χ1) is 6.68. The lowest BCUT2D eigenvalue weighted by molar-refractivity contribution is 0.575. The van der Waals surface area contributed by atoms with Gasteiger partial charge < -0.3 is 4.90 Å². The normalized spacial score (nSPS) is 17.9. The van der Waals surface area contributed by atoms with Gasteiger partial charge in [0.25, 0.3) is 0 Å². The Hall–Kier alpha value is -1.12. The fraction of sp³-hybridized carbons (Fsp3) is 0.545. The van der Waals surface area contributed by atoms with Crippen molar-refractivity contribution in [3.8, 4) is 0 Å². The van der Waals surface area contributed by atoms with Gasteiger partial charge in [-0.15, -0.1) is 0 Å². The van der Waals surface area contributed by atoms with Crippen molar-refractivity contribution < 1.29 is 4.39 Å². The van der Waals surface area contributed by atoms with Crippen LogP contribution in [0.4, 0.5) is 10.1 Å². The molecule has 1 saturated carbocycles. The monoisotopic (exact) mass is 194 g/mol. The summed E-state index contributed by atoms with van der Waals surface area (Å²) >= 11 is 0. The van der Waals surface area contributed by atoms with E-state index < -0.39 is 5.95 Å². The van der Waals surface area contributed by atoms with E-state index in [0.29, 0.717) is 6.04 Å². The highest BCUT2D eigenvalue weighted by Crippen LogP contribution is 2.36. The standard InChI is InChI=1S/C11H15FN2/c1-8(9-3-4-9)14(2)10-5-6-13-11(12)7-10/h5-9H,3-4H2,1-2H3. The van der Waals surface area contributed by atoms with Gasteiger partial charge >= 0.3 is 0 Å². The molecule has 1 atom stereocenters. The van der Waals surface area contributed by atoms with Gasteiger partial charge in [-0.2, -0.15) is 4.39 Å². The molecule has 1 aromatic rings. The molecule has 0 saturated heterocycles. The molecular formula is C11H15FN2. The maximum Gasteiger partial charge on any atom is 0.214 e. The van der Waals surface area contributed by atoms with Gasteiger partial charge in [0.2, 0.25) is 5.95 Å². The third-order valence-corrected chi connectivity index (χ3v) is 3.03. The Bertz CT molecular complexity index is 323. The molecule has 14 heavy (non-hydrogen) atoms. The van der Waals surface area contributed by atoms with Gasteiger partial charge in [-0.1, -0.05) is 0 Å². The number of hydrogen-bond donors (Lipinski definition) is 0. The molecule has 2 nitrogen and oxygen atoms in total. The summed E-state index contributed by atoms with van der Waals surface area (Å²) in [7, 11) is 2.01. The summed E-state index contributed by atoms with van der Waals surface area (Å²) in [5.41, 5.74) is 0.914. The van der Waals surface area contributed by atoms with Crippen LogP contribution < -0.4 is 4.90 Å². The summed E-state index contributed by atoms with van der Waals surface area (Å²) in [6, 6.07) is 3.83. The number of halogens is 1. The van der Waals surface area contributed by atoms with Crippen molar-refractivity contribution in [2.75, 3.05) is 11.9 Å². The predicted octanol–water partition coefficient (Wildman–Crippen LogP) is 2.46. The van der Waals surface area contributed by atoms with Gasteiger partial charge in [0, 0.05) is 31.0 Å². The highest BCUT2D eigenvalue weighted by Gasteiger charge is 2.30. The summed E-state index contributed by atoms with van der Waals surface area (Å²) in [5.74, 6) is 0.383. The Morgan fingerprint density at radius 1 is 1.57 bits per heavy atom. The largest absolute Gasteiger partial charge is 0.371 e. The van der Waals surface area contributed by atoms with Crippen LogP contribution in [0.3, 0.4) is 0 Å². The smallest absolute Gasteiger partial charge is 0.214 e. The molecule has 0 amide bonds. The second-order valence-corrected chi connectivity index (χ2v) is 4.03. The van der Waals surface area contributed by atoms with Gasteiger partial charge in [-0.05, 0) is 31.7 Å². The summed E-state index contributed by atoms with van der Waals surface area (Å²) in [6.07, 6.45) is 4.12. The number of rotatable bonds is 3. The quantitative estimate of drug-likeness (QED) is 0.687. The molecule has 3 heteroatoms. The van der Waals surface area contributed by atoms with Crippen LogP contribution in [0.5, 0.6) is 0 Å². The molecule has 1 unspecified atom stereocenters. The Balaban J connectivity index is 2.13. The summed E-state index contributed by atoms with van der Waals surface area (Å²) < 4.78 is 12.9. The van der Waals surface area contributed by atoms with E-state index in [-0.39, 0.29) is 0 Å². The molecule has 0 N–H and O–H groups in total. The van der Waals surface area contributed by atoms with Crippen molar-refractivity contribution in [2.24, 2.45) is 5.92 Å². The number of nitrogens with zero attached hydrogens (tertiary/aromatic N) is 2. The molecule has 1 aliphatic rings. The molecule has 1 aromatic heterocycles.